The minimum atomic E-state index is -0.410. The van der Waals surface area contributed by atoms with Gasteiger partial charge in [0.2, 0.25) is 0 Å². The van der Waals surface area contributed by atoms with Crippen molar-refractivity contribution in [2.24, 2.45) is 0 Å². The highest BCUT2D eigenvalue weighted by Crippen LogP contribution is 2.27. The van der Waals surface area contributed by atoms with E-state index < -0.39 is 6.10 Å². The summed E-state index contributed by atoms with van der Waals surface area (Å²) in [6.45, 7) is 3.43. The van der Waals surface area contributed by atoms with Crippen molar-refractivity contribution >= 4 is 5.91 Å². The van der Waals surface area contributed by atoms with Crippen LogP contribution in [0.2, 0.25) is 0 Å². The van der Waals surface area contributed by atoms with Crippen molar-refractivity contribution < 1.29 is 9.53 Å². The topological polar surface area (TPSA) is 42.4 Å². The highest BCUT2D eigenvalue weighted by molar-refractivity contribution is 5.82. The SMILES string of the molecule is CCC(Oc1ccccc1)C(=O)N1CC(c2ccccn2)C1. The van der Waals surface area contributed by atoms with Gasteiger partial charge in [-0.2, -0.15) is 0 Å². The van der Waals surface area contributed by atoms with Crippen molar-refractivity contribution in [2.45, 2.75) is 25.4 Å². The summed E-state index contributed by atoms with van der Waals surface area (Å²) >= 11 is 0. The molecule has 3 rings (SSSR count). The monoisotopic (exact) mass is 296 g/mol. The average molecular weight is 296 g/mol. The van der Waals surface area contributed by atoms with Crippen molar-refractivity contribution in [3.63, 3.8) is 0 Å². The third kappa shape index (κ3) is 3.11. The molecule has 1 aromatic heterocycles. The van der Waals surface area contributed by atoms with Crippen LogP contribution in [0.25, 0.3) is 0 Å². The number of rotatable bonds is 5. The van der Waals surface area contributed by atoms with Gasteiger partial charge in [-0.1, -0.05) is 31.2 Å². The van der Waals surface area contributed by atoms with E-state index in [1.807, 2.05) is 60.4 Å². The minimum absolute atomic E-state index is 0.0681. The van der Waals surface area contributed by atoms with E-state index >= 15 is 0 Å². The largest absolute Gasteiger partial charge is 0.481 e. The van der Waals surface area contributed by atoms with Gasteiger partial charge in [0.05, 0.1) is 0 Å². The predicted molar refractivity (Wildman–Crippen MR) is 84.7 cm³/mol. The number of likely N-dealkylation sites (tertiary alicyclic amines) is 1. The van der Waals surface area contributed by atoms with Gasteiger partial charge in [0.25, 0.3) is 5.91 Å². The molecule has 1 aliphatic heterocycles. The Balaban J connectivity index is 1.57. The van der Waals surface area contributed by atoms with E-state index in [9.17, 15) is 4.79 Å². The molecule has 114 valence electrons. The lowest BCUT2D eigenvalue weighted by molar-refractivity contribution is -0.143. The number of aromatic nitrogens is 1. The first-order valence-corrected chi connectivity index (χ1v) is 7.69. The van der Waals surface area contributed by atoms with Gasteiger partial charge < -0.3 is 9.64 Å². The first-order valence-electron chi connectivity index (χ1n) is 7.69. The smallest absolute Gasteiger partial charge is 0.263 e. The molecule has 1 aromatic carbocycles. The Kier molecular flexibility index (Phi) is 4.37. The van der Waals surface area contributed by atoms with Crippen molar-refractivity contribution in [1.82, 2.24) is 9.88 Å². The molecule has 4 heteroatoms. The van der Waals surface area contributed by atoms with Gasteiger partial charge in [-0.15, -0.1) is 0 Å². The average Bonchev–Trinajstić information content (AvgIpc) is 2.53. The molecule has 0 spiro atoms. The third-order valence-corrected chi connectivity index (χ3v) is 3.97. The fourth-order valence-electron chi connectivity index (χ4n) is 2.64. The van der Waals surface area contributed by atoms with E-state index in [0.717, 1.165) is 24.5 Å². The molecule has 0 radical (unpaired) electrons. The van der Waals surface area contributed by atoms with Crippen LogP contribution in [-0.4, -0.2) is 35.0 Å². The van der Waals surface area contributed by atoms with Crippen LogP contribution >= 0.6 is 0 Å². The summed E-state index contributed by atoms with van der Waals surface area (Å²) in [4.78, 5) is 18.7. The van der Waals surface area contributed by atoms with Crippen molar-refractivity contribution in [3.8, 4) is 5.75 Å². The molecule has 0 aliphatic carbocycles. The van der Waals surface area contributed by atoms with Gasteiger partial charge >= 0.3 is 0 Å². The predicted octanol–water partition coefficient (Wildman–Crippen LogP) is 2.87. The van der Waals surface area contributed by atoms with E-state index in [2.05, 4.69) is 4.98 Å². The molecular formula is C18H20N2O2. The second kappa shape index (κ2) is 6.60. The number of pyridine rings is 1. The van der Waals surface area contributed by atoms with Gasteiger partial charge in [-0.25, -0.2) is 0 Å². The molecule has 1 atom stereocenters. The standard InChI is InChI=1S/C18H20N2O2/c1-2-17(22-15-8-4-3-5-9-15)18(21)20-12-14(13-20)16-10-6-7-11-19-16/h3-11,14,17H,2,12-13H2,1H3. The maximum absolute atomic E-state index is 12.5. The van der Waals surface area contributed by atoms with Gasteiger partial charge in [-0.3, -0.25) is 9.78 Å². The van der Waals surface area contributed by atoms with E-state index in [1.54, 1.807) is 6.20 Å². The highest BCUT2D eigenvalue weighted by Gasteiger charge is 2.36. The fraction of sp³-hybridized carbons (Fsp3) is 0.333. The van der Waals surface area contributed by atoms with Crippen molar-refractivity contribution in [1.29, 1.82) is 0 Å². The van der Waals surface area contributed by atoms with Gasteiger partial charge in [0, 0.05) is 30.9 Å². The zero-order valence-corrected chi connectivity index (χ0v) is 12.7. The van der Waals surface area contributed by atoms with Gasteiger partial charge in [0.15, 0.2) is 6.10 Å². The molecular weight excluding hydrogens is 276 g/mol. The Bertz CT molecular complexity index is 609. The minimum Gasteiger partial charge on any atom is -0.481 e. The van der Waals surface area contributed by atoms with Gasteiger partial charge in [0.1, 0.15) is 5.75 Å². The number of ether oxygens (including phenoxy) is 1. The summed E-state index contributed by atoms with van der Waals surface area (Å²) in [5.41, 5.74) is 1.06. The number of hydrogen-bond donors (Lipinski definition) is 0. The Morgan fingerprint density at radius 2 is 1.95 bits per heavy atom. The van der Waals surface area contributed by atoms with Crippen LogP contribution in [0.5, 0.6) is 5.75 Å². The molecule has 0 saturated carbocycles. The van der Waals surface area contributed by atoms with E-state index in [4.69, 9.17) is 4.74 Å². The highest BCUT2D eigenvalue weighted by atomic mass is 16.5. The molecule has 0 bridgehead atoms. The number of carbonyl (C=O) groups excluding carboxylic acids is 1. The number of nitrogens with zero attached hydrogens (tertiary/aromatic N) is 2. The molecule has 1 aliphatic rings. The molecule has 1 unspecified atom stereocenters. The summed E-state index contributed by atoms with van der Waals surface area (Å²) in [5, 5.41) is 0. The van der Waals surface area contributed by atoms with Crippen LogP contribution in [0.1, 0.15) is 25.0 Å². The quantitative estimate of drug-likeness (QED) is 0.852. The van der Waals surface area contributed by atoms with E-state index in [-0.39, 0.29) is 5.91 Å². The third-order valence-electron chi connectivity index (χ3n) is 3.97. The lowest BCUT2D eigenvalue weighted by Gasteiger charge is -2.40. The lowest BCUT2D eigenvalue weighted by atomic mass is 9.95. The molecule has 2 aromatic rings. The number of carbonyl (C=O) groups is 1. The van der Waals surface area contributed by atoms with Crippen LogP contribution in [0.15, 0.2) is 54.7 Å². The number of para-hydroxylation sites is 1. The molecule has 0 N–H and O–H groups in total. The zero-order valence-electron chi connectivity index (χ0n) is 12.7. The molecule has 22 heavy (non-hydrogen) atoms. The first kappa shape index (κ1) is 14.6. The second-order valence-electron chi connectivity index (χ2n) is 5.52. The molecule has 1 fully saturated rings. The first-order chi connectivity index (χ1) is 10.8. The summed E-state index contributed by atoms with van der Waals surface area (Å²) in [6.07, 6.45) is 2.05. The zero-order chi connectivity index (χ0) is 15.4. The molecule has 4 nitrogen and oxygen atoms in total. The molecule has 1 amide bonds. The Labute approximate surface area is 130 Å². The van der Waals surface area contributed by atoms with E-state index in [0.29, 0.717) is 12.3 Å². The number of benzene rings is 1. The van der Waals surface area contributed by atoms with E-state index in [1.165, 1.54) is 0 Å². The van der Waals surface area contributed by atoms with Gasteiger partial charge in [-0.05, 0) is 30.7 Å². The summed E-state index contributed by atoms with van der Waals surface area (Å²) in [7, 11) is 0. The maximum atomic E-state index is 12.5. The number of amides is 1. The number of hydrogen-bond acceptors (Lipinski definition) is 3. The summed E-state index contributed by atoms with van der Waals surface area (Å²) < 4.78 is 5.82. The lowest BCUT2D eigenvalue weighted by Crippen LogP contribution is -2.53. The van der Waals surface area contributed by atoms with Crippen LogP contribution in [0.3, 0.4) is 0 Å². The molecule has 2 heterocycles. The van der Waals surface area contributed by atoms with Crippen molar-refractivity contribution in [2.75, 3.05) is 13.1 Å². The Hall–Kier alpha value is -2.36. The van der Waals surface area contributed by atoms with Crippen LogP contribution < -0.4 is 4.74 Å². The Morgan fingerprint density at radius 1 is 1.23 bits per heavy atom. The summed E-state index contributed by atoms with van der Waals surface area (Å²) in [6, 6.07) is 15.4. The normalized spacial score (nSPS) is 16.0. The van der Waals surface area contributed by atoms with Crippen LogP contribution in [0.4, 0.5) is 0 Å². The van der Waals surface area contributed by atoms with Crippen molar-refractivity contribution in [3.05, 3.63) is 60.4 Å². The van der Waals surface area contributed by atoms with Crippen LogP contribution in [-0.2, 0) is 4.79 Å². The van der Waals surface area contributed by atoms with Crippen LogP contribution in [0, 0.1) is 0 Å². The maximum Gasteiger partial charge on any atom is 0.263 e. The Morgan fingerprint density at radius 3 is 2.59 bits per heavy atom. The second-order valence-corrected chi connectivity index (χ2v) is 5.52. The fourth-order valence-corrected chi connectivity index (χ4v) is 2.64. The molecule has 1 saturated heterocycles. The summed E-state index contributed by atoms with van der Waals surface area (Å²) in [5.74, 6) is 1.16.